The number of rotatable bonds is 5. The van der Waals surface area contributed by atoms with Gasteiger partial charge in [-0.3, -0.25) is 0 Å². The van der Waals surface area contributed by atoms with E-state index in [1.165, 1.54) is 18.4 Å². The predicted octanol–water partition coefficient (Wildman–Crippen LogP) is 2.80. The molecule has 5 nitrogen and oxygen atoms in total. The minimum Gasteiger partial charge on any atom is -0.301 e. The average molecular weight is 336 g/mol. The first-order valence-corrected chi connectivity index (χ1v) is 7.63. The Hall–Kier alpha value is -1.27. The first-order valence-electron chi connectivity index (χ1n) is 6.84. The van der Waals surface area contributed by atoms with Gasteiger partial charge in [0.2, 0.25) is 0 Å². The van der Waals surface area contributed by atoms with E-state index < -0.39 is 0 Å². The fourth-order valence-electron chi connectivity index (χ4n) is 2.20. The molecule has 20 heavy (non-hydrogen) atoms. The second-order valence-corrected chi connectivity index (χ2v) is 6.67. The minimum atomic E-state index is -0.124. The third-order valence-electron chi connectivity index (χ3n) is 3.71. The SMILES string of the molecule is CC(C)(NCc1nnnn1C1CC1)c1ccc(Br)cc1. The molecule has 1 aromatic carbocycles. The molecule has 0 spiro atoms. The molecule has 1 aliphatic carbocycles. The van der Waals surface area contributed by atoms with E-state index in [0.717, 1.165) is 10.3 Å². The van der Waals surface area contributed by atoms with Crippen molar-refractivity contribution in [3.05, 3.63) is 40.1 Å². The van der Waals surface area contributed by atoms with Crippen molar-refractivity contribution in [1.29, 1.82) is 0 Å². The molecule has 106 valence electrons. The van der Waals surface area contributed by atoms with E-state index in [1.807, 2.05) is 4.68 Å². The first-order chi connectivity index (χ1) is 9.56. The largest absolute Gasteiger partial charge is 0.301 e. The summed E-state index contributed by atoms with van der Waals surface area (Å²) in [5, 5.41) is 15.5. The van der Waals surface area contributed by atoms with Crippen LogP contribution in [0.15, 0.2) is 28.7 Å². The fourth-order valence-corrected chi connectivity index (χ4v) is 2.46. The number of nitrogens with zero attached hydrogens (tertiary/aromatic N) is 4. The van der Waals surface area contributed by atoms with Crippen LogP contribution in [-0.2, 0) is 12.1 Å². The van der Waals surface area contributed by atoms with Crippen molar-refractivity contribution in [2.45, 2.75) is 44.8 Å². The fraction of sp³-hybridized carbons (Fsp3) is 0.500. The van der Waals surface area contributed by atoms with E-state index in [2.05, 4.69) is 74.9 Å². The van der Waals surface area contributed by atoms with Crippen molar-refractivity contribution >= 4 is 15.9 Å². The molecule has 1 saturated carbocycles. The van der Waals surface area contributed by atoms with Gasteiger partial charge in [-0.05, 0) is 54.8 Å². The summed E-state index contributed by atoms with van der Waals surface area (Å²) in [6.45, 7) is 5.01. The summed E-state index contributed by atoms with van der Waals surface area (Å²) in [6, 6.07) is 8.89. The van der Waals surface area contributed by atoms with Gasteiger partial charge in [-0.1, -0.05) is 28.1 Å². The summed E-state index contributed by atoms with van der Waals surface area (Å²) in [4.78, 5) is 0. The molecular formula is C14H18BrN5. The van der Waals surface area contributed by atoms with Crippen LogP contribution in [0.1, 0.15) is 44.1 Å². The number of benzene rings is 1. The molecule has 3 rings (SSSR count). The van der Waals surface area contributed by atoms with E-state index in [4.69, 9.17) is 0 Å². The van der Waals surface area contributed by atoms with Crippen LogP contribution in [0.25, 0.3) is 0 Å². The molecule has 0 radical (unpaired) electrons. The van der Waals surface area contributed by atoms with Crippen LogP contribution in [-0.4, -0.2) is 20.2 Å². The van der Waals surface area contributed by atoms with Gasteiger partial charge in [0.15, 0.2) is 5.82 Å². The molecule has 0 bridgehead atoms. The third-order valence-corrected chi connectivity index (χ3v) is 4.24. The third kappa shape index (κ3) is 2.91. The van der Waals surface area contributed by atoms with Crippen LogP contribution < -0.4 is 5.32 Å². The van der Waals surface area contributed by atoms with Crippen LogP contribution in [0.4, 0.5) is 0 Å². The number of hydrogen-bond acceptors (Lipinski definition) is 4. The monoisotopic (exact) mass is 335 g/mol. The summed E-state index contributed by atoms with van der Waals surface area (Å²) in [7, 11) is 0. The molecule has 1 N–H and O–H groups in total. The molecule has 0 unspecified atom stereocenters. The molecule has 0 aliphatic heterocycles. The number of halogens is 1. The zero-order valence-corrected chi connectivity index (χ0v) is 13.3. The van der Waals surface area contributed by atoms with Gasteiger partial charge in [0, 0.05) is 10.0 Å². The maximum atomic E-state index is 4.12. The number of tetrazole rings is 1. The Bertz CT molecular complexity index is 586. The Morgan fingerprint density at radius 3 is 2.65 bits per heavy atom. The second kappa shape index (κ2) is 5.26. The van der Waals surface area contributed by atoms with Crippen LogP contribution in [0, 0.1) is 0 Å². The lowest BCUT2D eigenvalue weighted by molar-refractivity contribution is 0.387. The van der Waals surface area contributed by atoms with E-state index in [9.17, 15) is 0 Å². The standard InChI is InChI=1S/C14H18BrN5/c1-14(2,10-3-5-11(15)6-4-10)16-9-13-17-18-19-20(13)12-7-8-12/h3-6,12,16H,7-9H2,1-2H3. The lowest BCUT2D eigenvalue weighted by Crippen LogP contribution is -2.36. The van der Waals surface area contributed by atoms with Crippen molar-refractivity contribution in [3.63, 3.8) is 0 Å². The summed E-state index contributed by atoms with van der Waals surface area (Å²) in [5.74, 6) is 0.915. The zero-order chi connectivity index (χ0) is 14.2. The van der Waals surface area contributed by atoms with Gasteiger partial charge in [0.1, 0.15) is 0 Å². The molecule has 1 aromatic heterocycles. The van der Waals surface area contributed by atoms with Crippen LogP contribution in [0.5, 0.6) is 0 Å². The highest BCUT2D eigenvalue weighted by molar-refractivity contribution is 9.10. The molecule has 1 heterocycles. The molecule has 1 fully saturated rings. The highest BCUT2D eigenvalue weighted by Gasteiger charge is 2.28. The van der Waals surface area contributed by atoms with Crippen molar-refractivity contribution in [2.24, 2.45) is 0 Å². The quantitative estimate of drug-likeness (QED) is 0.912. The maximum absolute atomic E-state index is 4.12. The van der Waals surface area contributed by atoms with Gasteiger partial charge in [-0.25, -0.2) is 4.68 Å². The van der Waals surface area contributed by atoms with E-state index in [-0.39, 0.29) is 5.54 Å². The Kier molecular flexibility index (Phi) is 3.60. The number of aromatic nitrogens is 4. The lowest BCUT2D eigenvalue weighted by atomic mass is 9.94. The van der Waals surface area contributed by atoms with Gasteiger partial charge in [-0.2, -0.15) is 0 Å². The van der Waals surface area contributed by atoms with E-state index >= 15 is 0 Å². The minimum absolute atomic E-state index is 0.124. The van der Waals surface area contributed by atoms with Crippen LogP contribution in [0.3, 0.4) is 0 Å². The Morgan fingerprint density at radius 1 is 1.30 bits per heavy atom. The smallest absolute Gasteiger partial charge is 0.165 e. The van der Waals surface area contributed by atoms with Crippen LogP contribution >= 0.6 is 15.9 Å². The molecule has 2 aromatic rings. The predicted molar refractivity (Wildman–Crippen MR) is 80.1 cm³/mol. The molecule has 0 atom stereocenters. The van der Waals surface area contributed by atoms with Gasteiger partial charge >= 0.3 is 0 Å². The van der Waals surface area contributed by atoms with Crippen molar-refractivity contribution < 1.29 is 0 Å². The van der Waals surface area contributed by atoms with E-state index in [1.54, 1.807) is 0 Å². The topological polar surface area (TPSA) is 55.6 Å². The Morgan fingerprint density at radius 2 is 2.00 bits per heavy atom. The molecule has 6 heteroatoms. The zero-order valence-electron chi connectivity index (χ0n) is 11.7. The number of hydrogen-bond donors (Lipinski definition) is 1. The van der Waals surface area contributed by atoms with Crippen molar-refractivity contribution in [1.82, 2.24) is 25.5 Å². The normalized spacial score (nSPS) is 15.6. The van der Waals surface area contributed by atoms with E-state index in [0.29, 0.717) is 12.6 Å². The maximum Gasteiger partial charge on any atom is 0.165 e. The summed E-state index contributed by atoms with van der Waals surface area (Å²) in [5.41, 5.74) is 1.12. The van der Waals surface area contributed by atoms with Crippen molar-refractivity contribution in [3.8, 4) is 0 Å². The second-order valence-electron chi connectivity index (χ2n) is 5.76. The lowest BCUT2D eigenvalue weighted by Gasteiger charge is -2.27. The van der Waals surface area contributed by atoms with Gasteiger partial charge < -0.3 is 5.32 Å². The molecule has 0 amide bonds. The number of nitrogens with one attached hydrogen (secondary N) is 1. The highest BCUT2D eigenvalue weighted by atomic mass is 79.9. The Balaban J connectivity index is 1.69. The summed E-state index contributed by atoms with van der Waals surface area (Å²) in [6.07, 6.45) is 2.38. The first kappa shape index (κ1) is 13.7. The summed E-state index contributed by atoms with van der Waals surface area (Å²) >= 11 is 3.46. The van der Waals surface area contributed by atoms with Gasteiger partial charge in [0.05, 0.1) is 12.6 Å². The van der Waals surface area contributed by atoms with Gasteiger partial charge in [0.25, 0.3) is 0 Å². The van der Waals surface area contributed by atoms with Crippen molar-refractivity contribution in [2.75, 3.05) is 0 Å². The highest BCUT2D eigenvalue weighted by Crippen LogP contribution is 2.34. The molecular weight excluding hydrogens is 318 g/mol. The average Bonchev–Trinajstić information content (AvgIpc) is 3.16. The van der Waals surface area contributed by atoms with Crippen LogP contribution in [0.2, 0.25) is 0 Å². The molecule has 0 saturated heterocycles. The van der Waals surface area contributed by atoms with Gasteiger partial charge in [-0.15, -0.1) is 5.10 Å². The molecule has 1 aliphatic rings. The summed E-state index contributed by atoms with van der Waals surface area (Å²) < 4.78 is 3.04. The Labute approximate surface area is 126 Å².